The second-order valence-electron chi connectivity index (χ2n) is 5.71. The van der Waals surface area contributed by atoms with Gasteiger partial charge in [0.25, 0.3) is 0 Å². The third-order valence-electron chi connectivity index (χ3n) is 4.00. The van der Waals surface area contributed by atoms with Crippen molar-refractivity contribution in [2.24, 2.45) is 0 Å². The molecule has 2 nitrogen and oxygen atoms in total. The van der Waals surface area contributed by atoms with Gasteiger partial charge in [0.1, 0.15) is 0 Å². The number of hydrogen-bond acceptors (Lipinski definition) is 2. The van der Waals surface area contributed by atoms with E-state index in [-0.39, 0.29) is 0 Å². The summed E-state index contributed by atoms with van der Waals surface area (Å²) in [7, 11) is 0. The molecular formula is C15H24N2. The first kappa shape index (κ1) is 12.6. The lowest BCUT2D eigenvalue weighted by atomic mass is 9.81. The number of pyridine rings is 1. The third-order valence-corrected chi connectivity index (χ3v) is 4.00. The molecule has 0 amide bonds. The van der Waals surface area contributed by atoms with Crippen LogP contribution in [0.5, 0.6) is 0 Å². The molecule has 1 aliphatic carbocycles. The minimum Gasteiger partial charge on any atom is -0.314 e. The molecule has 1 N–H and O–H groups in total. The highest BCUT2D eigenvalue weighted by atomic mass is 14.9. The van der Waals surface area contributed by atoms with Crippen molar-refractivity contribution in [3.63, 3.8) is 0 Å². The number of hydrogen-bond donors (Lipinski definition) is 1. The highest BCUT2D eigenvalue weighted by molar-refractivity contribution is 5.26. The van der Waals surface area contributed by atoms with Gasteiger partial charge in [0.2, 0.25) is 0 Å². The van der Waals surface area contributed by atoms with E-state index in [1.165, 1.54) is 36.8 Å². The molecule has 0 spiro atoms. The van der Waals surface area contributed by atoms with E-state index in [9.17, 15) is 0 Å². The maximum Gasteiger partial charge on any atom is 0.0305 e. The Hall–Kier alpha value is -0.890. The van der Waals surface area contributed by atoms with Gasteiger partial charge in [-0.1, -0.05) is 19.9 Å². The maximum absolute atomic E-state index is 4.34. The first-order valence-electron chi connectivity index (χ1n) is 6.79. The maximum atomic E-state index is 4.34. The molecule has 1 aromatic rings. The predicted octanol–water partition coefficient (Wildman–Crippen LogP) is 3.20. The highest BCUT2D eigenvalue weighted by Crippen LogP contribution is 2.40. The average Bonchev–Trinajstić information content (AvgIpc) is 2.70. The fourth-order valence-electron chi connectivity index (χ4n) is 2.91. The minimum absolute atomic E-state index is 0.324. The van der Waals surface area contributed by atoms with E-state index in [1.807, 2.05) is 6.20 Å². The first-order valence-corrected chi connectivity index (χ1v) is 6.79. The average molecular weight is 232 g/mol. The lowest BCUT2D eigenvalue weighted by Crippen LogP contribution is -2.29. The molecule has 0 aromatic carbocycles. The molecule has 2 atom stereocenters. The van der Waals surface area contributed by atoms with Crippen LogP contribution in [-0.2, 0) is 5.41 Å². The van der Waals surface area contributed by atoms with Gasteiger partial charge < -0.3 is 5.32 Å². The summed E-state index contributed by atoms with van der Waals surface area (Å²) in [6.45, 7) is 7.89. The standard InChI is InChI=1S/C15H24N2/c1-4-7-17-14-5-6-15(3,9-14)13-8-12(2)10-16-11-13/h8,10-11,14,17H,4-7,9H2,1-3H3. The van der Waals surface area contributed by atoms with Crippen LogP contribution in [0.4, 0.5) is 0 Å². The Bertz CT molecular complexity index is 375. The Balaban J connectivity index is 2.06. The van der Waals surface area contributed by atoms with Crippen LogP contribution in [0.15, 0.2) is 18.5 Å². The van der Waals surface area contributed by atoms with Crippen LogP contribution in [0.3, 0.4) is 0 Å². The quantitative estimate of drug-likeness (QED) is 0.862. The normalized spacial score (nSPS) is 28.5. The van der Waals surface area contributed by atoms with Crippen molar-refractivity contribution < 1.29 is 0 Å². The molecule has 1 heterocycles. The Kier molecular flexibility index (Phi) is 3.82. The molecule has 1 aromatic heterocycles. The summed E-state index contributed by atoms with van der Waals surface area (Å²) in [5.41, 5.74) is 3.01. The Morgan fingerprint density at radius 1 is 1.47 bits per heavy atom. The van der Waals surface area contributed by atoms with Crippen LogP contribution in [0, 0.1) is 6.92 Å². The Morgan fingerprint density at radius 3 is 3.00 bits per heavy atom. The first-order chi connectivity index (χ1) is 8.14. The lowest BCUT2D eigenvalue weighted by molar-refractivity contribution is 0.451. The van der Waals surface area contributed by atoms with Crippen LogP contribution < -0.4 is 5.32 Å². The van der Waals surface area contributed by atoms with E-state index >= 15 is 0 Å². The van der Waals surface area contributed by atoms with Gasteiger partial charge in [0.05, 0.1) is 0 Å². The van der Waals surface area contributed by atoms with Crippen molar-refractivity contribution in [3.8, 4) is 0 Å². The summed E-state index contributed by atoms with van der Waals surface area (Å²) >= 11 is 0. The van der Waals surface area contributed by atoms with Crippen molar-refractivity contribution in [2.45, 2.75) is 57.9 Å². The second kappa shape index (κ2) is 5.18. The topological polar surface area (TPSA) is 24.9 Å². The Morgan fingerprint density at radius 2 is 2.29 bits per heavy atom. The molecule has 0 radical (unpaired) electrons. The van der Waals surface area contributed by atoms with E-state index < -0.39 is 0 Å². The molecule has 0 saturated heterocycles. The largest absolute Gasteiger partial charge is 0.314 e. The smallest absolute Gasteiger partial charge is 0.0305 e. The van der Waals surface area contributed by atoms with Gasteiger partial charge in [0, 0.05) is 18.4 Å². The van der Waals surface area contributed by atoms with Crippen LogP contribution in [0.1, 0.15) is 50.7 Å². The molecule has 2 unspecified atom stereocenters. The van der Waals surface area contributed by atoms with E-state index in [4.69, 9.17) is 0 Å². The third kappa shape index (κ3) is 2.86. The zero-order valence-corrected chi connectivity index (χ0v) is 11.3. The summed E-state index contributed by atoms with van der Waals surface area (Å²) < 4.78 is 0. The highest BCUT2D eigenvalue weighted by Gasteiger charge is 2.36. The SMILES string of the molecule is CCCNC1CCC(C)(c2cncc(C)c2)C1. The van der Waals surface area contributed by atoms with Gasteiger partial charge in [0.15, 0.2) is 0 Å². The van der Waals surface area contributed by atoms with E-state index in [1.54, 1.807) is 0 Å². The van der Waals surface area contributed by atoms with Gasteiger partial charge >= 0.3 is 0 Å². The number of rotatable bonds is 4. The van der Waals surface area contributed by atoms with Crippen molar-refractivity contribution in [3.05, 3.63) is 29.6 Å². The van der Waals surface area contributed by atoms with E-state index in [0.717, 1.165) is 6.54 Å². The Labute approximate surface area is 105 Å². The summed E-state index contributed by atoms with van der Waals surface area (Å²) in [6, 6.07) is 3.00. The van der Waals surface area contributed by atoms with Crippen molar-refractivity contribution >= 4 is 0 Å². The van der Waals surface area contributed by atoms with Gasteiger partial charge in [-0.3, -0.25) is 4.98 Å². The van der Waals surface area contributed by atoms with Crippen molar-refractivity contribution in [2.75, 3.05) is 6.54 Å². The molecule has 1 aliphatic rings. The zero-order chi connectivity index (χ0) is 12.3. The van der Waals surface area contributed by atoms with Crippen LogP contribution in [-0.4, -0.2) is 17.6 Å². The lowest BCUT2D eigenvalue weighted by Gasteiger charge is -2.25. The van der Waals surface area contributed by atoms with Gasteiger partial charge in [-0.2, -0.15) is 0 Å². The summed E-state index contributed by atoms with van der Waals surface area (Å²) in [5, 5.41) is 3.65. The molecule has 2 rings (SSSR count). The van der Waals surface area contributed by atoms with Gasteiger partial charge in [-0.25, -0.2) is 0 Å². The predicted molar refractivity (Wildman–Crippen MR) is 72.3 cm³/mol. The zero-order valence-electron chi connectivity index (χ0n) is 11.3. The monoisotopic (exact) mass is 232 g/mol. The van der Waals surface area contributed by atoms with Crippen molar-refractivity contribution in [1.29, 1.82) is 0 Å². The molecule has 2 heteroatoms. The second-order valence-corrected chi connectivity index (χ2v) is 5.71. The number of aromatic nitrogens is 1. The summed E-state index contributed by atoms with van der Waals surface area (Å²) in [5.74, 6) is 0. The fraction of sp³-hybridized carbons (Fsp3) is 0.667. The summed E-state index contributed by atoms with van der Waals surface area (Å²) in [6.07, 6.45) is 9.03. The van der Waals surface area contributed by atoms with Crippen molar-refractivity contribution in [1.82, 2.24) is 10.3 Å². The molecule has 1 fully saturated rings. The molecule has 17 heavy (non-hydrogen) atoms. The van der Waals surface area contributed by atoms with Gasteiger partial charge in [-0.05, 0) is 55.7 Å². The molecule has 1 saturated carbocycles. The molecule has 0 aliphatic heterocycles. The minimum atomic E-state index is 0.324. The summed E-state index contributed by atoms with van der Waals surface area (Å²) in [4.78, 5) is 4.34. The van der Waals surface area contributed by atoms with Crippen LogP contribution in [0.25, 0.3) is 0 Å². The van der Waals surface area contributed by atoms with Gasteiger partial charge in [-0.15, -0.1) is 0 Å². The number of aryl methyl sites for hydroxylation is 1. The molecule has 0 bridgehead atoms. The fourth-order valence-corrected chi connectivity index (χ4v) is 2.91. The number of nitrogens with one attached hydrogen (secondary N) is 1. The van der Waals surface area contributed by atoms with E-state index in [2.05, 4.69) is 43.3 Å². The molecule has 94 valence electrons. The van der Waals surface area contributed by atoms with Crippen LogP contribution >= 0.6 is 0 Å². The molecular weight excluding hydrogens is 208 g/mol. The van der Waals surface area contributed by atoms with Crippen LogP contribution in [0.2, 0.25) is 0 Å². The van der Waals surface area contributed by atoms with E-state index in [0.29, 0.717) is 11.5 Å². The number of nitrogens with zero attached hydrogens (tertiary/aromatic N) is 1.